The molecule has 0 amide bonds. The molecule has 2 aromatic rings. The molecule has 2 rings (SSSR count). The van der Waals surface area contributed by atoms with Crippen LogP contribution in [0.15, 0.2) is 0 Å². The Bertz CT molecular complexity index is 511. The SMILES string of the molecule is Cc1nc(C)c2c(C)nn(C(C)C)c2n1. The monoisotopic (exact) mass is 204 g/mol. The fourth-order valence-electron chi connectivity index (χ4n) is 1.90. The highest BCUT2D eigenvalue weighted by molar-refractivity contribution is 5.80. The molecule has 2 heterocycles. The molecular formula is C11H16N4. The molecule has 2 aromatic heterocycles. The number of hydrogen-bond acceptors (Lipinski definition) is 3. The highest BCUT2D eigenvalue weighted by Gasteiger charge is 2.14. The van der Waals surface area contributed by atoms with Crippen LogP contribution in [0, 0.1) is 20.8 Å². The highest BCUT2D eigenvalue weighted by atomic mass is 15.3. The number of aryl methyl sites for hydroxylation is 3. The second-order valence-corrected chi connectivity index (χ2v) is 4.18. The standard InChI is InChI=1S/C11H16N4/c1-6(2)15-11-10(8(4)14-15)7(3)12-9(5)13-11/h6H,1-5H3. The van der Waals surface area contributed by atoms with Gasteiger partial charge in [-0.3, -0.25) is 0 Å². The molecule has 0 bridgehead atoms. The summed E-state index contributed by atoms with van der Waals surface area (Å²) >= 11 is 0. The molecule has 0 N–H and O–H groups in total. The maximum absolute atomic E-state index is 4.51. The fourth-order valence-corrected chi connectivity index (χ4v) is 1.90. The third kappa shape index (κ3) is 1.50. The molecule has 0 saturated heterocycles. The van der Waals surface area contributed by atoms with Crippen molar-refractivity contribution in [3.63, 3.8) is 0 Å². The molecule has 80 valence electrons. The van der Waals surface area contributed by atoms with Crippen LogP contribution in [0.3, 0.4) is 0 Å². The largest absolute Gasteiger partial charge is 0.244 e. The van der Waals surface area contributed by atoms with Gasteiger partial charge in [-0.2, -0.15) is 5.10 Å². The van der Waals surface area contributed by atoms with Crippen LogP contribution in [0.4, 0.5) is 0 Å². The van der Waals surface area contributed by atoms with Gasteiger partial charge in [0.25, 0.3) is 0 Å². The van der Waals surface area contributed by atoms with Crippen LogP contribution < -0.4 is 0 Å². The maximum atomic E-state index is 4.51. The van der Waals surface area contributed by atoms with E-state index in [1.807, 2.05) is 25.5 Å². The second-order valence-electron chi connectivity index (χ2n) is 4.18. The summed E-state index contributed by atoms with van der Waals surface area (Å²) < 4.78 is 1.96. The Balaban J connectivity index is 2.87. The lowest BCUT2D eigenvalue weighted by Crippen LogP contribution is -2.04. The quantitative estimate of drug-likeness (QED) is 0.716. The summed E-state index contributed by atoms with van der Waals surface area (Å²) in [5, 5.41) is 5.60. The van der Waals surface area contributed by atoms with Crippen molar-refractivity contribution in [3.05, 3.63) is 17.2 Å². The summed E-state index contributed by atoms with van der Waals surface area (Å²) in [6.45, 7) is 10.2. The Morgan fingerprint density at radius 2 is 1.67 bits per heavy atom. The van der Waals surface area contributed by atoms with Crippen LogP contribution in [-0.2, 0) is 0 Å². The van der Waals surface area contributed by atoms with Crippen LogP contribution in [0.25, 0.3) is 11.0 Å². The van der Waals surface area contributed by atoms with Crippen LogP contribution in [0.1, 0.15) is 37.1 Å². The van der Waals surface area contributed by atoms with Gasteiger partial charge in [-0.1, -0.05) is 0 Å². The number of hydrogen-bond donors (Lipinski definition) is 0. The van der Waals surface area contributed by atoms with Crippen LogP contribution >= 0.6 is 0 Å². The van der Waals surface area contributed by atoms with E-state index in [4.69, 9.17) is 0 Å². The smallest absolute Gasteiger partial charge is 0.162 e. The van der Waals surface area contributed by atoms with Gasteiger partial charge < -0.3 is 0 Å². The molecule has 0 spiro atoms. The molecule has 0 atom stereocenters. The fraction of sp³-hybridized carbons (Fsp3) is 0.545. The molecule has 4 nitrogen and oxygen atoms in total. The van der Waals surface area contributed by atoms with Crippen molar-refractivity contribution in [2.24, 2.45) is 0 Å². The Kier molecular flexibility index (Phi) is 2.21. The first-order valence-corrected chi connectivity index (χ1v) is 5.20. The minimum absolute atomic E-state index is 0.329. The number of fused-ring (bicyclic) bond motifs is 1. The Morgan fingerprint density at radius 3 is 2.27 bits per heavy atom. The Morgan fingerprint density at radius 1 is 1.00 bits per heavy atom. The van der Waals surface area contributed by atoms with Gasteiger partial charge >= 0.3 is 0 Å². The van der Waals surface area contributed by atoms with Gasteiger partial charge in [0.2, 0.25) is 0 Å². The molecule has 0 unspecified atom stereocenters. The van der Waals surface area contributed by atoms with E-state index >= 15 is 0 Å². The van der Waals surface area contributed by atoms with Crippen LogP contribution in [0.5, 0.6) is 0 Å². The second kappa shape index (κ2) is 3.29. The van der Waals surface area contributed by atoms with E-state index in [2.05, 4.69) is 28.9 Å². The summed E-state index contributed by atoms with van der Waals surface area (Å²) in [7, 11) is 0. The normalized spacial score (nSPS) is 11.6. The molecule has 15 heavy (non-hydrogen) atoms. The summed E-state index contributed by atoms with van der Waals surface area (Å²) in [6.07, 6.45) is 0. The lowest BCUT2D eigenvalue weighted by Gasteiger charge is -2.06. The third-order valence-electron chi connectivity index (χ3n) is 2.51. The molecule has 0 aliphatic heterocycles. The van der Waals surface area contributed by atoms with Gasteiger partial charge in [-0.15, -0.1) is 0 Å². The van der Waals surface area contributed by atoms with Crippen molar-refractivity contribution >= 4 is 11.0 Å². The molecule has 4 heteroatoms. The zero-order valence-electron chi connectivity index (χ0n) is 9.87. The molecule has 0 fully saturated rings. The van der Waals surface area contributed by atoms with Gasteiger partial charge in [0.15, 0.2) is 5.65 Å². The molecule has 0 radical (unpaired) electrons. The summed E-state index contributed by atoms with van der Waals surface area (Å²) in [5.41, 5.74) is 2.98. The number of nitrogens with zero attached hydrogens (tertiary/aromatic N) is 4. The van der Waals surface area contributed by atoms with E-state index < -0.39 is 0 Å². The maximum Gasteiger partial charge on any atom is 0.162 e. The Labute approximate surface area is 89.3 Å². The van der Waals surface area contributed by atoms with E-state index in [1.54, 1.807) is 0 Å². The van der Waals surface area contributed by atoms with E-state index in [1.165, 1.54) is 0 Å². The first-order chi connectivity index (χ1) is 7.00. The van der Waals surface area contributed by atoms with Crippen LogP contribution in [-0.4, -0.2) is 19.7 Å². The zero-order valence-corrected chi connectivity index (χ0v) is 9.87. The van der Waals surface area contributed by atoms with E-state index in [0.29, 0.717) is 6.04 Å². The topological polar surface area (TPSA) is 43.6 Å². The van der Waals surface area contributed by atoms with Crippen molar-refractivity contribution in [2.45, 2.75) is 40.7 Å². The lowest BCUT2D eigenvalue weighted by molar-refractivity contribution is 0.542. The number of aromatic nitrogens is 4. The highest BCUT2D eigenvalue weighted by Crippen LogP contribution is 2.21. The average molecular weight is 204 g/mol. The van der Waals surface area contributed by atoms with Crippen LogP contribution in [0.2, 0.25) is 0 Å². The third-order valence-corrected chi connectivity index (χ3v) is 2.51. The van der Waals surface area contributed by atoms with Crippen molar-refractivity contribution < 1.29 is 0 Å². The zero-order chi connectivity index (χ0) is 11.2. The van der Waals surface area contributed by atoms with Gasteiger partial charge in [0.1, 0.15) is 5.82 Å². The minimum Gasteiger partial charge on any atom is -0.244 e. The van der Waals surface area contributed by atoms with Gasteiger partial charge in [-0.25, -0.2) is 14.6 Å². The van der Waals surface area contributed by atoms with Crippen molar-refractivity contribution in [2.75, 3.05) is 0 Å². The van der Waals surface area contributed by atoms with E-state index in [0.717, 1.165) is 28.2 Å². The van der Waals surface area contributed by atoms with Gasteiger partial charge in [0, 0.05) is 6.04 Å². The van der Waals surface area contributed by atoms with Gasteiger partial charge in [0.05, 0.1) is 16.8 Å². The average Bonchev–Trinajstić information content (AvgIpc) is 2.42. The molecule has 0 aromatic carbocycles. The predicted molar refractivity (Wildman–Crippen MR) is 59.9 cm³/mol. The first kappa shape index (κ1) is 10.1. The van der Waals surface area contributed by atoms with Crippen molar-refractivity contribution in [1.82, 2.24) is 19.7 Å². The van der Waals surface area contributed by atoms with Crippen molar-refractivity contribution in [3.8, 4) is 0 Å². The minimum atomic E-state index is 0.329. The predicted octanol–water partition coefficient (Wildman–Crippen LogP) is 2.33. The van der Waals surface area contributed by atoms with Gasteiger partial charge in [-0.05, 0) is 34.6 Å². The molecule has 0 saturated carbocycles. The molecule has 0 aliphatic carbocycles. The van der Waals surface area contributed by atoms with Crippen molar-refractivity contribution in [1.29, 1.82) is 0 Å². The molecule has 0 aliphatic rings. The lowest BCUT2D eigenvalue weighted by atomic mass is 10.2. The number of rotatable bonds is 1. The Hall–Kier alpha value is -1.45. The van der Waals surface area contributed by atoms with E-state index in [9.17, 15) is 0 Å². The first-order valence-electron chi connectivity index (χ1n) is 5.20. The summed E-state index contributed by atoms with van der Waals surface area (Å²) in [6, 6.07) is 0.329. The van der Waals surface area contributed by atoms with E-state index in [-0.39, 0.29) is 0 Å². The summed E-state index contributed by atoms with van der Waals surface area (Å²) in [4.78, 5) is 8.84. The summed E-state index contributed by atoms with van der Waals surface area (Å²) in [5.74, 6) is 0.807. The molecular weight excluding hydrogens is 188 g/mol.